The van der Waals surface area contributed by atoms with Crippen LogP contribution in [-0.4, -0.2) is 71.9 Å². The average molecular weight is 489 g/mol. The van der Waals surface area contributed by atoms with Gasteiger partial charge in [0, 0.05) is 56.7 Å². The van der Waals surface area contributed by atoms with E-state index in [2.05, 4.69) is 24.8 Å². The number of benzene rings is 1. The van der Waals surface area contributed by atoms with Crippen molar-refractivity contribution in [3.63, 3.8) is 0 Å². The second-order valence-electron chi connectivity index (χ2n) is 8.81. The number of nitrogens with one attached hydrogen (secondary N) is 1. The van der Waals surface area contributed by atoms with Crippen LogP contribution >= 0.6 is 0 Å². The summed E-state index contributed by atoms with van der Waals surface area (Å²) < 4.78 is 48.9. The normalized spacial score (nSPS) is 19.0. The monoisotopic (exact) mass is 488 g/mol. The second-order valence-corrected chi connectivity index (χ2v) is 8.81. The van der Waals surface area contributed by atoms with Gasteiger partial charge < -0.3 is 19.7 Å². The van der Waals surface area contributed by atoms with E-state index in [-0.39, 0.29) is 11.8 Å². The number of pyridine rings is 1. The molecule has 0 unspecified atom stereocenters. The molecule has 2 aliphatic heterocycles. The molecule has 3 aromatic rings. The van der Waals surface area contributed by atoms with Crippen LogP contribution < -0.4 is 15.0 Å². The molecule has 2 fully saturated rings. The topological polar surface area (TPSA) is 75.6 Å². The summed E-state index contributed by atoms with van der Waals surface area (Å²) in [4.78, 5) is 18.4. The Labute approximate surface area is 201 Å². The van der Waals surface area contributed by atoms with Crippen LogP contribution in [0.5, 0.6) is 5.75 Å². The summed E-state index contributed by atoms with van der Waals surface area (Å²) in [7, 11) is 0. The highest BCUT2D eigenvalue weighted by atomic mass is 19.3. The number of aromatic nitrogens is 3. The predicted molar refractivity (Wildman–Crippen MR) is 125 cm³/mol. The molecule has 2 aliphatic rings. The van der Waals surface area contributed by atoms with E-state index < -0.39 is 12.4 Å². The van der Waals surface area contributed by atoms with Crippen molar-refractivity contribution in [3.8, 4) is 5.75 Å². The number of hydrogen-bond donors (Lipinski definition) is 1. The maximum atomic E-state index is 14.4. The van der Waals surface area contributed by atoms with Crippen molar-refractivity contribution in [1.29, 1.82) is 0 Å². The van der Waals surface area contributed by atoms with Crippen molar-refractivity contribution in [3.05, 3.63) is 47.5 Å². The van der Waals surface area contributed by atoms with E-state index in [0.29, 0.717) is 50.7 Å². The lowest BCUT2D eigenvalue weighted by Gasteiger charge is -2.36. The van der Waals surface area contributed by atoms with E-state index in [0.717, 1.165) is 41.6 Å². The number of piperazine rings is 1. The first-order valence-electron chi connectivity index (χ1n) is 11.6. The maximum Gasteiger partial charge on any atom is 0.387 e. The fourth-order valence-corrected chi connectivity index (χ4v) is 4.40. The summed E-state index contributed by atoms with van der Waals surface area (Å²) in [6, 6.07) is 5.97. The molecule has 186 valence electrons. The van der Waals surface area contributed by atoms with E-state index in [4.69, 9.17) is 14.7 Å². The molecule has 0 saturated carbocycles. The SMILES string of the molecule is Cc1cc2nc(N3CCN(Cc4ccc(OC(F)F)cc4F)CC3)c(N[C@H]3CCOC3)nc2cn1. The molecule has 0 spiro atoms. The summed E-state index contributed by atoms with van der Waals surface area (Å²) in [5, 5.41) is 3.49. The highest BCUT2D eigenvalue weighted by molar-refractivity contribution is 5.80. The van der Waals surface area contributed by atoms with Gasteiger partial charge in [0.1, 0.15) is 17.1 Å². The first-order chi connectivity index (χ1) is 16.9. The molecule has 0 aliphatic carbocycles. The molecule has 11 heteroatoms. The number of anilines is 2. The van der Waals surface area contributed by atoms with Crippen molar-refractivity contribution in [2.24, 2.45) is 0 Å². The molecule has 0 radical (unpaired) electrons. The zero-order chi connectivity index (χ0) is 24.4. The predicted octanol–water partition coefficient (Wildman–Crippen LogP) is 3.60. The summed E-state index contributed by atoms with van der Waals surface area (Å²) in [6.07, 6.45) is 2.65. The van der Waals surface area contributed by atoms with Crippen molar-refractivity contribution < 1.29 is 22.6 Å². The van der Waals surface area contributed by atoms with Crippen molar-refractivity contribution >= 4 is 22.7 Å². The van der Waals surface area contributed by atoms with Gasteiger partial charge in [0.05, 0.1) is 24.4 Å². The highest BCUT2D eigenvalue weighted by Gasteiger charge is 2.25. The molecule has 4 heterocycles. The molecule has 0 bridgehead atoms. The maximum absolute atomic E-state index is 14.4. The summed E-state index contributed by atoms with van der Waals surface area (Å²) >= 11 is 0. The number of hydrogen-bond acceptors (Lipinski definition) is 8. The van der Waals surface area contributed by atoms with Crippen molar-refractivity contribution in [1.82, 2.24) is 19.9 Å². The minimum absolute atomic E-state index is 0.181. The lowest BCUT2D eigenvalue weighted by atomic mass is 10.1. The smallest absolute Gasteiger partial charge is 0.387 e. The number of ether oxygens (including phenoxy) is 2. The molecule has 2 saturated heterocycles. The number of rotatable bonds is 7. The van der Waals surface area contributed by atoms with Crippen LogP contribution in [-0.2, 0) is 11.3 Å². The first kappa shape index (κ1) is 23.6. The van der Waals surface area contributed by atoms with Crippen LogP contribution in [0.25, 0.3) is 11.0 Å². The quantitative estimate of drug-likeness (QED) is 0.541. The summed E-state index contributed by atoms with van der Waals surface area (Å²) in [6.45, 7) is 3.44. The van der Waals surface area contributed by atoms with Crippen molar-refractivity contribution in [2.45, 2.75) is 32.5 Å². The first-order valence-corrected chi connectivity index (χ1v) is 11.6. The molecule has 1 N–H and O–H groups in total. The van der Waals surface area contributed by atoms with Gasteiger partial charge in [0.2, 0.25) is 0 Å². The zero-order valence-corrected chi connectivity index (χ0v) is 19.4. The van der Waals surface area contributed by atoms with E-state index in [1.54, 1.807) is 6.20 Å². The Kier molecular flexibility index (Phi) is 6.87. The molecule has 0 amide bonds. The molecule has 2 aromatic heterocycles. The van der Waals surface area contributed by atoms with Crippen LogP contribution in [0, 0.1) is 12.7 Å². The Morgan fingerprint density at radius 3 is 2.69 bits per heavy atom. The van der Waals surface area contributed by atoms with Gasteiger partial charge in [-0.1, -0.05) is 6.07 Å². The van der Waals surface area contributed by atoms with Crippen LogP contribution in [0.15, 0.2) is 30.5 Å². The standard InChI is InChI=1S/C24H27F3N6O2/c1-15-10-20-21(12-28-15)30-22(29-17-4-9-34-14-17)23(31-20)33-7-5-32(6-8-33)13-16-2-3-18(11-19(16)25)35-24(26)27/h2-3,10-12,17,24H,4-9,13-14H2,1H3,(H,29,30)/t17-/m0/s1. The van der Waals surface area contributed by atoms with Crippen molar-refractivity contribution in [2.75, 3.05) is 49.6 Å². The van der Waals surface area contributed by atoms with E-state index in [9.17, 15) is 13.2 Å². The highest BCUT2D eigenvalue weighted by Crippen LogP contribution is 2.28. The Balaban J connectivity index is 1.30. The van der Waals surface area contributed by atoms with Crippen LogP contribution in [0.1, 0.15) is 17.7 Å². The average Bonchev–Trinajstić information content (AvgIpc) is 3.34. The van der Waals surface area contributed by atoms with E-state index in [1.807, 2.05) is 13.0 Å². The number of halogens is 3. The lowest BCUT2D eigenvalue weighted by Crippen LogP contribution is -2.46. The van der Waals surface area contributed by atoms with Gasteiger partial charge in [-0.15, -0.1) is 0 Å². The number of nitrogens with zero attached hydrogens (tertiary/aromatic N) is 5. The molecule has 35 heavy (non-hydrogen) atoms. The van der Waals surface area contributed by atoms with Crippen LogP contribution in [0.2, 0.25) is 0 Å². The second kappa shape index (κ2) is 10.2. The number of alkyl halides is 2. The minimum atomic E-state index is -2.98. The number of fused-ring (bicyclic) bond motifs is 1. The lowest BCUT2D eigenvalue weighted by molar-refractivity contribution is -0.0500. The molecule has 1 aromatic carbocycles. The molecule has 5 rings (SSSR count). The Hall–Kier alpha value is -3.18. The van der Waals surface area contributed by atoms with Gasteiger partial charge in [-0.2, -0.15) is 8.78 Å². The minimum Gasteiger partial charge on any atom is -0.435 e. The molecular formula is C24H27F3N6O2. The number of aryl methyl sites for hydroxylation is 1. The molecular weight excluding hydrogens is 461 g/mol. The Morgan fingerprint density at radius 1 is 1.14 bits per heavy atom. The summed E-state index contributed by atoms with van der Waals surface area (Å²) in [5.74, 6) is 0.765. The Bertz CT molecular complexity index is 1180. The third kappa shape index (κ3) is 5.57. The zero-order valence-electron chi connectivity index (χ0n) is 19.4. The van der Waals surface area contributed by atoms with Crippen LogP contribution in [0.4, 0.5) is 24.8 Å². The largest absolute Gasteiger partial charge is 0.435 e. The van der Waals surface area contributed by atoms with Gasteiger partial charge in [0.25, 0.3) is 0 Å². The third-order valence-electron chi connectivity index (χ3n) is 6.25. The fraction of sp³-hybridized carbons (Fsp3) is 0.458. The van der Waals surface area contributed by atoms with E-state index in [1.165, 1.54) is 12.1 Å². The Morgan fingerprint density at radius 2 is 1.97 bits per heavy atom. The van der Waals surface area contributed by atoms with E-state index >= 15 is 0 Å². The summed E-state index contributed by atoms with van der Waals surface area (Å²) in [5.41, 5.74) is 2.84. The van der Waals surface area contributed by atoms with Gasteiger partial charge >= 0.3 is 6.61 Å². The van der Waals surface area contributed by atoms with Gasteiger partial charge in [0.15, 0.2) is 11.6 Å². The third-order valence-corrected chi connectivity index (χ3v) is 6.25. The van der Waals surface area contributed by atoms with Crippen LogP contribution in [0.3, 0.4) is 0 Å². The fourth-order valence-electron chi connectivity index (χ4n) is 4.40. The molecule has 8 nitrogen and oxygen atoms in total. The van der Waals surface area contributed by atoms with Gasteiger partial charge in [-0.3, -0.25) is 9.88 Å². The molecule has 1 atom stereocenters. The van der Waals surface area contributed by atoms with Gasteiger partial charge in [-0.25, -0.2) is 14.4 Å². The van der Waals surface area contributed by atoms with Gasteiger partial charge in [-0.05, 0) is 25.5 Å².